The molecule has 3 radical (unpaired) electrons. The lowest BCUT2D eigenvalue weighted by atomic mass is 10.2. The predicted octanol–water partition coefficient (Wildman–Crippen LogP) is -0.703. The van der Waals surface area contributed by atoms with Gasteiger partial charge in [-0.1, -0.05) is 0 Å². The number of methoxy groups -OCH3 is 3. The monoisotopic (exact) mass is 235 g/mol. The fourth-order valence-electron chi connectivity index (χ4n) is 0.894. The molecular weight excluding hydrogens is 220 g/mol. The molecule has 0 heterocycles. The van der Waals surface area contributed by atoms with Crippen LogP contribution in [-0.2, 0) is 14.2 Å². The third kappa shape index (κ3) is 2.64. The lowest BCUT2D eigenvalue weighted by Crippen LogP contribution is -2.67. The zero-order chi connectivity index (χ0) is 11.4. The second-order valence-electron chi connectivity index (χ2n) is 2.73. The number of hydrogen-bond donors (Lipinski definition) is 2. The van der Waals surface area contributed by atoms with Crippen molar-refractivity contribution in [3.63, 3.8) is 0 Å². The van der Waals surface area contributed by atoms with E-state index in [4.69, 9.17) is 32.2 Å². The van der Waals surface area contributed by atoms with E-state index in [1.165, 1.54) is 21.3 Å². The predicted molar refractivity (Wildman–Crippen MR) is 57.8 cm³/mol. The van der Waals surface area contributed by atoms with E-state index in [2.05, 4.69) is 15.6 Å². The molecule has 0 aliphatic heterocycles. The summed E-state index contributed by atoms with van der Waals surface area (Å²) in [6.07, 6.45) is 0. The second kappa shape index (κ2) is 5.03. The maximum absolute atomic E-state index is 5.36. The first-order valence-electron chi connectivity index (χ1n) is 3.83. The minimum absolute atomic E-state index is 0.0715. The van der Waals surface area contributed by atoms with Crippen molar-refractivity contribution in [2.45, 2.75) is 18.1 Å². The van der Waals surface area contributed by atoms with Crippen LogP contribution in [0.15, 0.2) is 0 Å². The van der Waals surface area contributed by atoms with Crippen LogP contribution in [0, 0.1) is 0 Å². The highest BCUT2D eigenvalue weighted by Crippen LogP contribution is 2.24. The van der Waals surface area contributed by atoms with Crippen molar-refractivity contribution in [2.75, 3.05) is 21.3 Å². The van der Waals surface area contributed by atoms with Crippen LogP contribution in [0.1, 0.15) is 6.92 Å². The third-order valence-electron chi connectivity index (χ3n) is 2.02. The Morgan fingerprint density at radius 2 is 1.71 bits per heavy atom. The topological polar surface area (TPSA) is 65.7 Å². The Morgan fingerprint density at radius 1 is 1.29 bits per heavy atom. The number of thiocarbonyl (C=S) groups is 1. The van der Waals surface area contributed by atoms with Crippen molar-refractivity contribution in [1.82, 2.24) is 5.32 Å². The summed E-state index contributed by atoms with van der Waals surface area (Å²) in [7, 11) is 7.77. The molecule has 3 N–H and O–H groups in total. The summed E-state index contributed by atoms with van der Waals surface area (Å²) in [4.78, 5) is 0. The van der Waals surface area contributed by atoms with Gasteiger partial charge in [0.15, 0.2) is 10.5 Å². The maximum Gasteiger partial charge on any atom is 0.208 e. The molecule has 0 saturated heterocycles. The normalized spacial score (nSPS) is 16.1. The minimum Gasteiger partial charge on any atom is -0.376 e. The molecule has 0 bridgehead atoms. The van der Waals surface area contributed by atoms with Gasteiger partial charge in [-0.05, 0) is 19.1 Å². The van der Waals surface area contributed by atoms with Gasteiger partial charge in [0, 0.05) is 21.3 Å². The van der Waals surface area contributed by atoms with Crippen molar-refractivity contribution >= 4 is 27.6 Å². The zero-order valence-electron chi connectivity index (χ0n) is 8.71. The van der Waals surface area contributed by atoms with Crippen molar-refractivity contribution in [2.24, 2.45) is 5.73 Å². The largest absolute Gasteiger partial charge is 0.376 e. The summed E-state index contributed by atoms with van der Waals surface area (Å²) in [5.74, 6) is -1.07. The van der Waals surface area contributed by atoms with E-state index in [0.717, 1.165) is 0 Å². The molecule has 81 valence electrons. The van der Waals surface area contributed by atoms with E-state index < -0.39 is 11.1 Å². The first-order valence-corrected chi connectivity index (χ1v) is 4.74. The Hall–Kier alpha value is -0.213. The van der Waals surface area contributed by atoms with E-state index in [1.54, 1.807) is 6.92 Å². The van der Waals surface area contributed by atoms with Crippen LogP contribution >= 0.6 is 12.2 Å². The summed E-state index contributed by atoms with van der Waals surface area (Å²) in [6.45, 7) is 1.68. The van der Waals surface area contributed by atoms with Crippen molar-refractivity contribution in [1.29, 1.82) is 0 Å². The third-order valence-corrected chi connectivity index (χ3v) is 2.91. The standard InChI is InChI=1S/C7H15N2O3SSi/c1-6(10-2,11-3)7(14,12-4)9-5(8)13/h1-4H3,(H3,8,9,13). The first-order chi connectivity index (χ1) is 6.35. The number of ether oxygens (including phenoxy) is 3. The van der Waals surface area contributed by atoms with Gasteiger partial charge in [-0.15, -0.1) is 0 Å². The molecule has 1 atom stereocenters. The van der Waals surface area contributed by atoms with Gasteiger partial charge in [-0.25, -0.2) is 0 Å². The second-order valence-corrected chi connectivity index (χ2v) is 3.87. The highest BCUT2D eigenvalue weighted by Gasteiger charge is 2.46. The molecule has 0 rings (SSSR count). The first kappa shape index (κ1) is 13.8. The van der Waals surface area contributed by atoms with E-state index in [9.17, 15) is 0 Å². The number of nitrogens with two attached hydrogens (primary N) is 1. The lowest BCUT2D eigenvalue weighted by molar-refractivity contribution is -0.274. The maximum atomic E-state index is 5.36. The summed E-state index contributed by atoms with van der Waals surface area (Å²) in [5, 5.41) is 1.63. The Labute approximate surface area is 92.7 Å². The Morgan fingerprint density at radius 3 is 1.93 bits per heavy atom. The van der Waals surface area contributed by atoms with Gasteiger partial charge < -0.3 is 25.3 Å². The number of nitrogens with one attached hydrogen (secondary N) is 1. The van der Waals surface area contributed by atoms with Gasteiger partial charge in [0.2, 0.25) is 5.79 Å². The van der Waals surface area contributed by atoms with Gasteiger partial charge >= 0.3 is 0 Å². The number of rotatable bonds is 5. The van der Waals surface area contributed by atoms with E-state index in [1.807, 2.05) is 0 Å². The molecule has 0 aromatic rings. The van der Waals surface area contributed by atoms with Crippen LogP contribution < -0.4 is 11.1 Å². The highest BCUT2D eigenvalue weighted by atomic mass is 32.1. The molecule has 0 saturated carbocycles. The molecule has 1 unspecified atom stereocenters. The summed E-state index contributed by atoms with van der Waals surface area (Å²) in [5.41, 5.74) is 5.36. The summed E-state index contributed by atoms with van der Waals surface area (Å²) < 4.78 is 15.5. The molecule has 0 aromatic heterocycles. The Bertz CT molecular complexity index is 213. The average molecular weight is 235 g/mol. The molecule has 7 heteroatoms. The molecular formula is C7H15N2O3SSi. The number of hydrogen-bond acceptors (Lipinski definition) is 4. The summed E-state index contributed by atoms with van der Waals surface area (Å²) >= 11 is 4.72. The van der Waals surface area contributed by atoms with Gasteiger partial charge in [0.25, 0.3) is 0 Å². The molecule has 0 aliphatic carbocycles. The van der Waals surface area contributed by atoms with Crippen LogP contribution in [0.3, 0.4) is 0 Å². The smallest absolute Gasteiger partial charge is 0.208 e. The van der Waals surface area contributed by atoms with Gasteiger partial charge in [0.05, 0.1) is 0 Å². The van der Waals surface area contributed by atoms with Crippen LogP contribution in [-0.4, -0.2) is 47.8 Å². The van der Waals surface area contributed by atoms with Gasteiger partial charge in [-0.3, -0.25) is 0 Å². The Balaban J connectivity index is 4.89. The molecule has 5 nitrogen and oxygen atoms in total. The molecule has 14 heavy (non-hydrogen) atoms. The molecule has 0 fully saturated rings. The quantitative estimate of drug-likeness (QED) is 0.373. The molecule has 0 aliphatic rings. The van der Waals surface area contributed by atoms with Gasteiger partial charge in [0.1, 0.15) is 10.2 Å². The van der Waals surface area contributed by atoms with E-state index >= 15 is 0 Å². The zero-order valence-corrected chi connectivity index (χ0v) is 10.5. The molecule has 0 aromatic carbocycles. The molecule has 0 spiro atoms. The van der Waals surface area contributed by atoms with Crippen LogP contribution in [0.2, 0.25) is 0 Å². The summed E-state index contributed by atoms with van der Waals surface area (Å²) in [6, 6.07) is 0. The average Bonchev–Trinajstić information content (AvgIpc) is 2.15. The van der Waals surface area contributed by atoms with Crippen molar-refractivity contribution in [3.05, 3.63) is 0 Å². The minimum atomic E-state index is -1.14. The van der Waals surface area contributed by atoms with E-state index in [0.29, 0.717) is 0 Å². The fraction of sp³-hybridized carbons (Fsp3) is 0.857. The van der Waals surface area contributed by atoms with Crippen LogP contribution in [0.25, 0.3) is 0 Å². The van der Waals surface area contributed by atoms with Crippen LogP contribution in [0.4, 0.5) is 0 Å². The van der Waals surface area contributed by atoms with Crippen LogP contribution in [0.5, 0.6) is 0 Å². The Kier molecular flexibility index (Phi) is 4.96. The highest BCUT2D eigenvalue weighted by molar-refractivity contribution is 7.80. The fourth-order valence-corrected chi connectivity index (χ4v) is 1.47. The lowest BCUT2D eigenvalue weighted by Gasteiger charge is -2.43. The van der Waals surface area contributed by atoms with Crippen molar-refractivity contribution < 1.29 is 14.2 Å². The molecule has 0 amide bonds. The van der Waals surface area contributed by atoms with Crippen molar-refractivity contribution in [3.8, 4) is 0 Å². The SMILES string of the molecule is COC([Si])(NC(N)=S)C(C)(OC)OC. The van der Waals surface area contributed by atoms with E-state index in [-0.39, 0.29) is 5.11 Å². The van der Waals surface area contributed by atoms with Gasteiger partial charge in [-0.2, -0.15) is 0 Å².